The van der Waals surface area contributed by atoms with E-state index >= 15 is 0 Å². The van der Waals surface area contributed by atoms with Gasteiger partial charge in [-0.05, 0) is 30.5 Å². The molecule has 0 fully saturated rings. The number of nitrogens with zero attached hydrogens (tertiary/aromatic N) is 1. The molecule has 1 aliphatic carbocycles. The average molecular weight is 310 g/mol. The molecule has 116 valence electrons. The van der Waals surface area contributed by atoms with E-state index in [1.165, 1.54) is 0 Å². The lowest BCUT2D eigenvalue weighted by Crippen LogP contribution is -2.36. The van der Waals surface area contributed by atoms with Gasteiger partial charge < -0.3 is 5.32 Å². The van der Waals surface area contributed by atoms with Crippen LogP contribution in [0.3, 0.4) is 0 Å². The Morgan fingerprint density at radius 1 is 1.04 bits per heavy atom. The monoisotopic (exact) mass is 310 g/mol. The minimum Gasteiger partial charge on any atom is -0.344 e. The van der Waals surface area contributed by atoms with Crippen LogP contribution < -0.4 is 16.6 Å². The number of Topliss-reactive ketones (excluding diaryl/α,β-unsaturated/α-hetero) is 1. The average Bonchev–Trinajstić information content (AvgIpc) is 2.54. The van der Waals surface area contributed by atoms with Crippen LogP contribution in [-0.2, 0) is 4.79 Å². The summed E-state index contributed by atoms with van der Waals surface area (Å²) >= 11 is 0. The number of carbonyl (C=O) groups excluding carboxylic acids is 1. The molecule has 2 aliphatic rings. The number of hydrogen-bond acceptors (Lipinski definition) is 5. The maximum atomic E-state index is 12.5. The molecule has 1 unspecified atom stereocenters. The van der Waals surface area contributed by atoms with Gasteiger partial charge in [0.15, 0.2) is 5.78 Å². The topological polar surface area (TPSA) is 108 Å². The first kappa shape index (κ1) is 13.7. The molecule has 3 N–H and O–H groups in total. The minimum absolute atomic E-state index is 0.0387. The summed E-state index contributed by atoms with van der Waals surface area (Å²) in [6.45, 7) is 0. The number of pyridine rings is 1. The molecule has 2 aromatic heterocycles. The van der Waals surface area contributed by atoms with E-state index in [0.717, 1.165) is 24.1 Å². The van der Waals surface area contributed by atoms with Crippen LogP contribution in [0.25, 0.3) is 0 Å². The number of ketones is 1. The summed E-state index contributed by atoms with van der Waals surface area (Å²) in [5, 5.41) is 3.08. The Kier molecular flexibility index (Phi) is 3.00. The van der Waals surface area contributed by atoms with Crippen molar-refractivity contribution in [2.24, 2.45) is 0 Å². The van der Waals surface area contributed by atoms with Gasteiger partial charge in [0.25, 0.3) is 5.56 Å². The minimum atomic E-state index is -0.569. The maximum Gasteiger partial charge on any atom is 0.327 e. The maximum absolute atomic E-state index is 12.5. The number of allylic oxidation sites excluding steroid dienone is 2. The highest BCUT2D eigenvalue weighted by molar-refractivity contribution is 6.00. The van der Waals surface area contributed by atoms with Crippen molar-refractivity contribution in [2.45, 2.75) is 25.2 Å². The first-order chi connectivity index (χ1) is 11.1. The van der Waals surface area contributed by atoms with Gasteiger partial charge in [-0.3, -0.25) is 24.5 Å². The van der Waals surface area contributed by atoms with Crippen LogP contribution in [0, 0.1) is 0 Å². The van der Waals surface area contributed by atoms with Crippen molar-refractivity contribution in [3.8, 4) is 0 Å². The number of rotatable bonds is 1. The van der Waals surface area contributed by atoms with Gasteiger partial charge in [0, 0.05) is 36.0 Å². The largest absolute Gasteiger partial charge is 0.344 e. The number of aromatic nitrogens is 3. The molecule has 0 saturated carbocycles. The van der Waals surface area contributed by atoms with E-state index in [-0.39, 0.29) is 5.78 Å². The summed E-state index contributed by atoms with van der Waals surface area (Å²) in [5.41, 5.74) is 1.53. The number of H-pyrrole nitrogens is 2. The van der Waals surface area contributed by atoms with Gasteiger partial charge in [0.2, 0.25) is 0 Å². The molecule has 7 heteroatoms. The molecule has 0 bridgehead atoms. The van der Waals surface area contributed by atoms with E-state index < -0.39 is 17.2 Å². The summed E-state index contributed by atoms with van der Waals surface area (Å²) in [6, 6.07) is 3.58. The standard InChI is InChI=1S/C16H14N4O3/c21-10-3-1-2-9-12(10)11(8-4-6-17-7-5-8)13-14(18-9)19-16(23)20-15(13)22/h4-7,11H,1-3H2,(H3,18,19,20,22,23). The second-order valence-corrected chi connectivity index (χ2v) is 5.70. The van der Waals surface area contributed by atoms with Crippen LogP contribution in [0.15, 0.2) is 45.4 Å². The highest BCUT2D eigenvalue weighted by Gasteiger charge is 2.37. The molecule has 0 spiro atoms. The number of hydrogen-bond donors (Lipinski definition) is 3. The Labute approximate surface area is 130 Å². The quantitative estimate of drug-likeness (QED) is 0.729. The number of nitrogens with one attached hydrogen (secondary N) is 3. The van der Waals surface area contributed by atoms with Crippen molar-refractivity contribution in [1.29, 1.82) is 0 Å². The fourth-order valence-electron chi connectivity index (χ4n) is 3.38. The molecule has 1 atom stereocenters. The van der Waals surface area contributed by atoms with Crippen molar-refractivity contribution in [3.05, 3.63) is 67.8 Å². The molecule has 0 radical (unpaired) electrons. The Balaban J connectivity index is 2.03. The number of aromatic amines is 2. The Morgan fingerprint density at radius 3 is 2.61 bits per heavy atom. The Bertz CT molecular complexity index is 940. The molecule has 23 heavy (non-hydrogen) atoms. The summed E-state index contributed by atoms with van der Waals surface area (Å²) in [4.78, 5) is 45.4. The van der Waals surface area contributed by atoms with E-state index in [4.69, 9.17) is 0 Å². The van der Waals surface area contributed by atoms with Crippen LogP contribution >= 0.6 is 0 Å². The van der Waals surface area contributed by atoms with Crippen molar-refractivity contribution in [2.75, 3.05) is 5.32 Å². The van der Waals surface area contributed by atoms with Crippen LogP contribution in [0.5, 0.6) is 0 Å². The first-order valence-corrected chi connectivity index (χ1v) is 7.45. The zero-order valence-electron chi connectivity index (χ0n) is 12.2. The van der Waals surface area contributed by atoms with Crippen LogP contribution in [0.4, 0.5) is 5.82 Å². The van der Waals surface area contributed by atoms with Crippen LogP contribution in [0.2, 0.25) is 0 Å². The summed E-state index contributed by atoms with van der Waals surface area (Å²) in [7, 11) is 0. The Hall–Kier alpha value is -2.96. The van der Waals surface area contributed by atoms with Gasteiger partial charge in [-0.15, -0.1) is 0 Å². The van der Waals surface area contributed by atoms with Gasteiger partial charge >= 0.3 is 5.69 Å². The van der Waals surface area contributed by atoms with Gasteiger partial charge in [0.1, 0.15) is 5.82 Å². The van der Waals surface area contributed by atoms with Crippen LogP contribution in [-0.4, -0.2) is 20.7 Å². The highest BCUT2D eigenvalue weighted by atomic mass is 16.2. The normalized spacial score (nSPS) is 19.8. The molecule has 3 heterocycles. The van der Waals surface area contributed by atoms with Crippen molar-refractivity contribution in [1.82, 2.24) is 15.0 Å². The third-order valence-corrected chi connectivity index (χ3v) is 4.33. The van der Waals surface area contributed by atoms with Gasteiger partial charge in [-0.25, -0.2) is 4.79 Å². The zero-order valence-corrected chi connectivity index (χ0v) is 12.2. The molecule has 4 rings (SSSR count). The zero-order chi connectivity index (χ0) is 16.0. The second-order valence-electron chi connectivity index (χ2n) is 5.70. The van der Waals surface area contributed by atoms with Crippen molar-refractivity contribution >= 4 is 11.6 Å². The van der Waals surface area contributed by atoms with Crippen LogP contribution in [0.1, 0.15) is 36.3 Å². The predicted octanol–water partition coefficient (Wildman–Crippen LogP) is 1.02. The third-order valence-electron chi connectivity index (χ3n) is 4.33. The van der Waals surface area contributed by atoms with E-state index in [2.05, 4.69) is 20.3 Å². The van der Waals surface area contributed by atoms with Crippen molar-refractivity contribution in [3.63, 3.8) is 0 Å². The summed E-state index contributed by atoms with van der Waals surface area (Å²) in [5.74, 6) is -0.0801. The van der Waals surface area contributed by atoms with E-state index in [9.17, 15) is 14.4 Å². The van der Waals surface area contributed by atoms with E-state index in [1.807, 2.05) is 0 Å². The molecule has 2 aromatic rings. The number of fused-ring (bicyclic) bond motifs is 1. The predicted molar refractivity (Wildman–Crippen MR) is 83.3 cm³/mol. The number of anilines is 1. The van der Waals surface area contributed by atoms with Gasteiger partial charge in [-0.2, -0.15) is 0 Å². The lowest BCUT2D eigenvalue weighted by molar-refractivity contribution is -0.116. The molecule has 0 aromatic carbocycles. The molecule has 0 amide bonds. The summed E-state index contributed by atoms with van der Waals surface area (Å²) < 4.78 is 0. The van der Waals surface area contributed by atoms with Gasteiger partial charge in [0.05, 0.1) is 5.56 Å². The smallest absolute Gasteiger partial charge is 0.327 e. The SMILES string of the molecule is O=C1CCCC2=C1C(c1ccncc1)c1c([nH]c(=O)[nH]c1=O)N2. The lowest BCUT2D eigenvalue weighted by Gasteiger charge is -2.32. The fraction of sp³-hybridized carbons (Fsp3) is 0.250. The number of carbonyl (C=O) groups is 1. The lowest BCUT2D eigenvalue weighted by atomic mass is 9.77. The molecule has 1 aliphatic heterocycles. The molecular weight excluding hydrogens is 296 g/mol. The van der Waals surface area contributed by atoms with Crippen molar-refractivity contribution < 1.29 is 4.79 Å². The Morgan fingerprint density at radius 2 is 1.83 bits per heavy atom. The highest BCUT2D eigenvalue weighted by Crippen LogP contribution is 2.42. The third kappa shape index (κ3) is 2.12. The second kappa shape index (κ2) is 5.05. The molecule has 0 saturated heterocycles. The van der Waals surface area contributed by atoms with E-state index in [0.29, 0.717) is 23.4 Å². The van der Waals surface area contributed by atoms with E-state index in [1.54, 1.807) is 24.5 Å². The first-order valence-electron chi connectivity index (χ1n) is 7.45. The summed E-state index contributed by atoms with van der Waals surface area (Å²) in [6.07, 6.45) is 5.21. The van der Waals surface area contributed by atoms with Gasteiger partial charge in [-0.1, -0.05) is 0 Å². The molecular formula is C16H14N4O3. The molecule has 7 nitrogen and oxygen atoms in total. The fourth-order valence-corrected chi connectivity index (χ4v) is 3.38.